The fourth-order valence-corrected chi connectivity index (χ4v) is 2.74. The van der Waals surface area contributed by atoms with Gasteiger partial charge in [0.1, 0.15) is 23.7 Å². The summed E-state index contributed by atoms with van der Waals surface area (Å²) in [6.07, 6.45) is 0. The standard InChI is InChI=1S/C15H17NO5/c1-15(14(18)19)8-20-7-12(15)16-13(17)10-6-21-11-5-3-2-4-9(10)11/h2-5,10,12H,6-8H2,1H3,(H,16,17)(H,18,19). The summed E-state index contributed by atoms with van der Waals surface area (Å²) in [5.74, 6) is -0.877. The molecule has 1 aromatic rings. The SMILES string of the molecule is CC1(C(=O)O)COCC1NC(=O)C1COc2ccccc21. The Kier molecular flexibility index (Phi) is 3.33. The van der Waals surface area contributed by atoms with Gasteiger partial charge in [-0.3, -0.25) is 9.59 Å². The quantitative estimate of drug-likeness (QED) is 0.859. The average molecular weight is 291 g/mol. The van der Waals surface area contributed by atoms with Gasteiger partial charge in [0.05, 0.1) is 19.3 Å². The summed E-state index contributed by atoms with van der Waals surface area (Å²) in [5.41, 5.74) is -0.250. The molecule has 0 bridgehead atoms. The van der Waals surface area contributed by atoms with Crippen molar-refractivity contribution in [2.24, 2.45) is 5.41 Å². The number of carbonyl (C=O) groups is 2. The van der Waals surface area contributed by atoms with Gasteiger partial charge in [0, 0.05) is 5.56 Å². The molecule has 0 aliphatic carbocycles. The van der Waals surface area contributed by atoms with Crippen LogP contribution in [0.15, 0.2) is 24.3 Å². The van der Waals surface area contributed by atoms with Gasteiger partial charge in [-0.1, -0.05) is 18.2 Å². The zero-order valence-corrected chi connectivity index (χ0v) is 11.7. The maximum absolute atomic E-state index is 12.4. The number of carboxylic acid groups (broad SMARTS) is 1. The van der Waals surface area contributed by atoms with Crippen molar-refractivity contribution < 1.29 is 24.2 Å². The summed E-state index contributed by atoms with van der Waals surface area (Å²) < 4.78 is 10.7. The number of hydrogen-bond donors (Lipinski definition) is 2. The predicted octanol–water partition coefficient (Wildman–Crippen LogP) is 0.768. The number of hydrogen-bond acceptors (Lipinski definition) is 4. The van der Waals surface area contributed by atoms with Crippen molar-refractivity contribution in [2.45, 2.75) is 18.9 Å². The first-order chi connectivity index (χ1) is 10.0. The molecule has 0 radical (unpaired) electrons. The van der Waals surface area contributed by atoms with E-state index in [-0.39, 0.29) is 25.7 Å². The van der Waals surface area contributed by atoms with Crippen molar-refractivity contribution in [3.8, 4) is 5.75 Å². The van der Waals surface area contributed by atoms with E-state index in [0.29, 0.717) is 5.75 Å². The van der Waals surface area contributed by atoms with E-state index in [2.05, 4.69) is 5.32 Å². The Morgan fingerprint density at radius 2 is 2.10 bits per heavy atom. The van der Waals surface area contributed by atoms with Gasteiger partial charge in [-0.2, -0.15) is 0 Å². The molecule has 0 aromatic heterocycles. The summed E-state index contributed by atoms with van der Waals surface area (Å²) in [6, 6.07) is 6.85. The smallest absolute Gasteiger partial charge is 0.313 e. The molecule has 2 N–H and O–H groups in total. The third-order valence-electron chi connectivity index (χ3n) is 4.28. The molecule has 0 spiro atoms. The van der Waals surface area contributed by atoms with E-state index in [1.54, 1.807) is 6.92 Å². The third kappa shape index (κ3) is 2.25. The highest BCUT2D eigenvalue weighted by Crippen LogP contribution is 2.35. The van der Waals surface area contributed by atoms with Crippen LogP contribution >= 0.6 is 0 Å². The minimum absolute atomic E-state index is 0.102. The summed E-state index contributed by atoms with van der Waals surface area (Å²) in [4.78, 5) is 23.8. The fraction of sp³-hybridized carbons (Fsp3) is 0.467. The van der Waals surface area contributed by atoms with Crippen molar-refractivity contribution in [2.75, 3.05) is 19.8 Å². The molecule has 21 heavy (non-hydrogen) atoms. The van der Waals surface area contributed by atoms with Crippen molar-refractivity contribution >= 4 is 11.9 Å². The molecule has 2 heterocycles. The average Bonchev–Trinajstić information content (AvgIpc) is 3.04. The topological polar surface area (TPSA) is 84.9 Å². The van der Waals surface area contributed by atoms with E-state index in [1.165, 1.54) is 0 Å². The minimum atomic E-state index is -1.09. The van der Waals surface area contributed by atoms with Gasteiger partial charge < -0.3 is 19.9 Å². The van der Waals surface area contributed by atoms with E-state index in [0.717, 1.165) is 5.56 Å². The molecule has 1 fully saturated rings. The Balaban J connectivity index is 1.75. The molecule has 1 saturated heterocycles. The molecule has 3 atom stereocenters. The largest absolute Gasteiger partial charge is 0.492 e. The zero-order valence-electron chi connectivity index (χ0n) is 11.7. The molecule has 2 aliphatic rings. The highest BCUT2D eigenvalue weighted by atomic mass is 16.5. The lowest BCUT2D eigenvalue weighted by molar-refractivity contribution is -0.149. The third-order valence-corrected chi connectivity index (χ3v) is 4.28. The van der Waals surface area contributed by atoms with Crippen LogP contribution in [-0.4, -0.2) is 42.8 Å². The lowest BCUT2D eigenvalue weighted by Crippen LogP contribution is -2.51. The highest BCUT2D eigenvalue weighted by molar-refractivity contribution is 5.87. The first-order valence-electron chi connectivity index (χ1n) is 6.85. The van der Waals surface area contributed by atoms with Crippen LogP contribution in [0.2, 0.25) is 0 Å². The van der Waals surface area contributed by atoms with Gasteiger partial charge in [-0.25, -0.2) is 0 Å². The van der Waals surface area contributed by atoms with Gasteiger partial charge in [0.25, 0.3) is 0 Å². The predicted molar refractivity (Wildman–Crippen MR) is 73.2 cm³/mol. The maximum atomic E-state index is 12.4. The fourth-order valence-electron chi connectivity index (χ4n) is 2.74. The molecule has 1 amide bonds. The van der Waals surface area contributed by atoms with E-state index in [4.69, 9.17) is 9.47 Å². The van der Waals surface area contributed by atoms with E-state index < -0.39 is 23.3 Å². The maximum Gasteiger partial charge on any atom is 0.313 e. The van der Waals surface area contributed by atoms with Crippen LogP contribution in [0.4, 0.5) is 0 Å². The lowest BCUT2D eigenvalue weighted by Gasteiger charge is -2.26. The van der Waals surface area contributed by atoms with Crippen molar-refractivity contribution in [3.63, 3.8) is 0 Å². The Bertz CT molecular complexity index is 587. The van der Waals surface area contributed by atoms with Crippen molar-refractivity contribution in [1.29, 1.82) is 0 Å². The number of para-hydroxylation sites is 1. The molecule has 112 valence electrons. The number of nitrogens with one attached hydrogen (secondary N) is 1. The lowest BCUT2D eigenvalue weighted by atomic mass is 9.85. The Morgan fingerprint density at radius 3 is 2.86 bits per heavy atom. The van der Waals surface area contributed by atoms with Crippen LogP contribution in [-0.2, 0) is 14.3 Å². The van der Waals surface area contributed by atoms with Crippen molar-refractivity contribution in [1.82, 2.24) is 5.32 Å². The van der Waals surface area contributed by atoms with Crippen LogP contribution in [0.5, 0.6) is 5.75 Å². The molecular formula is C15H17NO5. The number of aliphatic carboxylic acids is 1. The summed E-state index contributed by atoms with van der Waals surface area (Å²) in [7, 11) is 0. The van der Waals surface area contributed by atoms with E-state index in [1.807, 2.05) is 24.3 Å². The zero-order chi connectivity index (χ0) is 15.0. The number of rotatable bonds is 3. The summed E-state index contributed by atoms with van der Waals surface area (Å²) in [5, 5.41) is 12.1. The molecule has 3 rings (SSSR count). The number of carboxylic acids is 1. The first-order valence-corrected chi connectivity index (χ1v) is 6.85. The second kappa shape index (κ2) is 5.04. The molecule has 6 heteroatoms. The van der Waals surface area contributed by atoms with Gasteiger partial charge >= 0.3 is 5.97 Å². The van der Waals surface area contributed by atoms with Crippen LogP contribution in [0, 0.1) is 5.41 Å². The Morgan fingerprint density at radius 1 is 1.33 bits per heavy atom. The number of benzene rings is 1. The number of amides is 1. The monoisotopic (exact) mass is 291 g/mol. The van der Waals surface area contributed by atoms with Gasteiger partial charge in [-0.05, 0) is 13.0 Å². The molecule has 1 aromatic carbocycles. The molecular weight excluding hydrogens is 274 g/mol. The Hall–Kier alpha value is -2.08. The van der Waals surface area contributed by atoms with E-state index in [9.17, 15) is 14.7 Å². The van der Waals surface area contributed by atoms with Crippen LogP contribution < -0.4 is 10.1 Å². The molecule has 3 unspecified atom stereocenters. The molecule has 0 saturated carbocycles. The van der Waals surface area contributed by atoms with Crippen LogP contribution in [0.25, 0.3) is 0 Å². The van der Waals surface area contributed by atoms with Crippen molar-refractivity contribution in [3.05, 3.63) is 29.8 Å². The molecule has 6 nitrogen and oxygen atoms in total. The number of ether oxygens (including phenoxy) is 2. The van der Waals surface area contributed by atoms with Gasteiger partial charge in [0.15, 0.2) is 0 Å². The number of carbonyl (C=O) groups excluding carboxylic acids is 1. The minimum Gasteiger partial charge on any atom is -0.492 e. The molecule has 2 aliphatic heterocycles. The van der Waals surface area contributed by atoms with Gasteiger partial charge in [0.2, 0.25) is 5.91 Å². The highest BCUT2D eigenvalue weighted by Gasteiger charge is 2.48. The van der Waals surface area contributed by atoms with Crippen LogP contribution in [0.3, 0.4) is 0 Å². The first kappa shape index (κ1) is 13.9. The normalized spacial score (nSPS) is 30.5. The Labute approximate surface area is 122 Å². The summed E-state index contributed by atoms with van der Waals surface area (Å²) >= 11 is 0. The number of fused-ring (bicyclic) bond motifs is 1. The van der Waals surface area contributed by atoms with Crippen LogP contribution in [0.1, 0.15) is 18.4 Å². The summed E-state index contributed by atoms with van der Waals surface area (Å²) in [6.45, 7) is 2.18. The second-order valence-electron chi connectivity index (χ2n) is 5.70. The van der Waals surface area contributed by atoms with E-state index >= 15 is 0 Å². The van der Waals surface area contributed by atoms with Gasteiger partial charge in [-0.15, -0.1) is 0 Å². The second-order valence-corrected chi connectivity index (χ2v) is 5.70.